The van der Waals surface area contributed by atoms with Crippen LogP contribution in [0.3, 0.4) is 0 Å². The number of amides is 1. The first-order valence-electron chi connectivity index (χ1n) is 11.3. The van der Waals surface area contributed by atoms with E-state index in [4.69, 9.17) is 14.7 Å². The summed E-state index contributed by atoms with van der Waals surface area (Å²) in [5, 5.41) is 11.9. The molecular weight excluding hydrogens is 458 g/mol. The minimum absolute atomic E-state index is 0. The average molecular weight is 488 g/mol. The first kappa shape index (κ1) is 25.5. The van der Waals surface area contributed by atoms with Crippen LogP contribution in [-0.2, 0) is 17.8 Å². The molecule has 1 saturated heterocycles. The number of oxime groups is 1. The highest BCUT2D eigenvalue weighted by atomic mass is 35.5. The molecule has 182 valence electrons. The summed E-state index contributed by atoms with van der Waals surface area (Å²) in [5.41, 5.74) is 2.43. The Morgan fingerprint density at radius 3 is 2.59 bits per heavy atom. The standard InChI is InChI=1S/C25H29N3O5.ClH/c1-32-22-13-18-12-19(25(30)21(18)14-23(22)33-2)11-17-6-9-27(10-7-17)24(29)16-28-8-4-3-5-20(28)15-26-31;/h3-5,8,13-15,17,19H,6-7,9-12,16H2,1-2H3;1H. The fourth-order valence-corrected chi connectivity index (χ4v) is 4.96. The molecule has 9 heteroatoms. The Labute approximate surface area is 205 Å². The van der Waals surface area contributed by atoms with Crippen molar-refractivity contribution >= 4 is 17.9 Å². The van der Waals surface area contributed by atoms with Gasteiger partial charge in [-0.15, -0.1) is 0 Å². The molecule has 0 spiro atoms. The predicted molar refractivity (Wildman–Crippen MR) is 121 cm³/mol. The number of halogens is 1. The summed E-state index contributed by atoms with van der Waals surface area (Å²) in [6.07, 6.45) is 6.47. The lowest BCUT2D eigenvalue weighted by Gasteiger charge is -2.32. The molecule has 1 aromatic heterocycles. The molecule has 0 saturated carbocycles. The second kappa shape index (κ2) is 11.3. The maximum atomic E-state index is 13.0. The van der Waals surface area contributed by atoms with Crippen molar-refractivity contribution in [2.24, 2.45) is 17.0 Å². The lowest BCUT2D eigenvalue weighted by molar-refractivity contribution is -0.686. The molecule has 0 radical (unpaired) electrons. The van der Waals surface area contributed by atoms with Crippen LogP contribution in [0.2, 0.25) is 0 Å². The summed E-state index contributed by atoms with van der Waals surface area (Å²) < 4.78 is 12.5. The quantitative estimate of drug-likeness (QED) is 0.246. The number of pyridine rings is 1. The zero-order valence-corrected chi connectivity index (χ0v) is 20.2. The second-order valence-electron chi connectivity index (χ2n) is 8.69. The first-order chi connectivity index (χ1) is 16.0. The number of hydrogen-bond acceptors (Lipinski definition) is 6. The van der Waals surface area contributed by atoms with Crippen molar-refractivity contribution in [3.8, 4) is 11.5 Å². The third-order valence-corrected chi connectivity index (χ3v) is 6.77. The van der Waals surface area contributed by atoms with Crippen LogP contribution in [0, 0.1) is 11.8 Å². The number of benzene rings is 1. The van der Waals surface area contributed by atoms with Crippen LogP contribution in [0.4, 0.5) is 0 Å². The van der Waals surface area contributed by atoms with E-state index in [1.807, 2.05) is 23.1 Å². The summed E-state index contributed by atoms with van der Waals surface area (Å²) in [6, 6.07) is 9.19. The number of aromatic nitrogens is 1. The van der Waals surface area contributed by atoms with E-state index in [2.05, 4.69) is 5.16 Å². The van der Waals surface area contributed by atoms with Gasteiger partial charge in [-0.1, -0.05) is 5.16 Å². The average Bonchev–Trinajstić information content (AvgIpc) is 3.14. The number of hydrogen-bond donors (Lipinski definition) is 1. The van der Waals surface area contributed by atoms with Gasteiger partial charge in [0.25, 0.3) is 5.91 Å². The Kier molecular flexibility index (Phi) is 8.50. The topological polar surface area (TPSA) is 92.3 Å². The van der Waals surface area contributed by atoms with Crippen LogP contribution in [0.5, 0.6) is 11.5 Å². The summed E-state index contributed by atoms with van der Waals surface area (Å²) in [5.74, 6) is 1.86. The number of ether oxygens (including phenoxy) is 2. The van der Waals surface area contributed by atoms with Crippen molar-refractivity contribution in [1.29, 1.82) is 0 Å². The number of piperidine rings is 1. The van der Waals surface area contributed by atoms with Crippen LogP contribution < -0.4 is 26.4 Å². The molecule has 2 heterocycles. The van der Waals surface area contributed by atoms with Gasteiger partial charge < -0.3 is 32.0 Å². The fraction of sp³-hybridized carbons (Fsp3) is 0.440. The van der Waals surface area contributed by atoms with E-state index in [1.165, 1.54) is 6.21 Å². The van der Waals surface area contributed by atoms with Crippen molar-refractivity contribution in [1.82, 2.24) is 4.90 Å². The number of carbonyl (C=O) groups excluding carboxylic acids is 2. The third-order valence-electron chi connectivity index (χ3n) is 6.77. The maximum Gasteiger partial charge on any atom is 0.288 e. The van der Waals surface area contributed by atoms with Gasteiger partial charge in [-0.3, -0.25) is 9.59 Å². The number of likely N-dealkylation sites (tertiary alicyclic amines) is 1. The molecule has 2 aliphatic rings. The minimum atomic E-state index is -0.0238. The molecule has 1 aliphatic heterocycles. The molecule has 34 heavy (non-hydrogen) atoms. The number of nitrogens with zero attached hydrogens (tertiary/aromatic N) is 3. The molecule has 4 rings (SSSR count). The summed E-state index contributed by atoms with van der Waals surface area (Å²) in [4.78, 5) is 27.7. The van der Waals surface area contributed by atoms with Crippen molar-refractivity contribution in [3.63, 3.8) is 0 Å². The van der Waals surface area contributed by atoms with E-state index in [1.54, 1.807) is 37.1 Å². The Hall–Kier alpha value is -3.13. The molecule has 1 unspecified atom stereocenters. The van der Waals surface area contributed by atoms with Gasteiger partial charge in [-0.05, 0) is 55.4 Å². The molecule has 2 aromatic rings. The molecule has 1 aliphatic carbocycles. The van der Waals surface area contributed by atoms with Gasteiger partial charge >= 0.3 is 0 Å². The molecule has 1 N–H and O–H groups in total. The highest BCUT2D eigenvalue weighted by molar-refractivity contribution is 6.02. The number of ketones is 1. The Morgan fingerprint density at radius 2 is 1.91 bits per heavy atom. The van der Waals surface area contributed by atoms with Gasteiger partial charge in [0.1, 0.15) is 6.21 Å². The van der Waals surface area contributed by atoms with Gasteiger partial charge in [-0.2, -0.15) is 4.57 Å². The minimum Gasteiger partial charge on any atom is -1.00 e. The van der Waals surface area contributed by atoms with Crippen LogP contribution in [-0.4, -0.2) is 55.3 Å². The lowest BCUT2D eigenvalue weighted by Crippen LogP contribution is -3.00. The highest BCUT2D eigenvalue weighted by Crippen LogP contribution is 2.39. The summed E-state index contributed by atoms with van der Waals surface area (Å²) >= 11 is 0. The number of carbonyl (C=O) groups is 2. The van der Waals surface area contributed by atoms with Crippen LogP contribution >= 0.6 is 0 Å². The largest absolute Gasteiger partial charge is 1.00 e. The molecule has 8 nitrogen and oxygen atoms in total. The number of fused-ring (bicyclic) bond motifs is 1. The highest BCUT2D eigenvalue weighted by Gasteiger charge is 2.35. The maximum absolute atomic E-state index is 13.0. The van der Waals surface area contributed by atoms with E-state index in [-0.39, 0.29) is 36.6 Å². The predicted octanol–water partition coefficient (Wildman–Crippen LogP) is -0.513. The molecule has 1 aromatic carbocycles. The van der Waals surface area contributed by atoms with Crippen molar-refractivity contribution in [3.05, 3.63) is 53.3 Å². The van der Waals surface area contributed by atoms with Crippen LogP contribution in [0.1, 0.15) is 40.9 Å². The monoisotopic (exact) mass is 487 g/mol. The SMILES string of the molecule is COc1cc2c(cc1OC)C(=O)C(CC1CCN(C(=O)C[n+]3ccccc3/C=N/O)CC1)C2.[Cl-]. The van der Waals surface area contributed by atoms with Gasteiger partial charge in [0.15, 0.2) is 23.5 Å². The summed E-state index contributed by atoms with van der Waals surface area (Å²) in [6.45, 7) is 1.58. The van der Waals surface area contributed by atoms with Crippen molar-refractivity contribution in [2.45, 2.75) is 32.2 Å². The van der Waals surface area contributed by atoms with Crippen LogP contribution in [0.25, 0.3) is 0 Å². The summed E-state index contributed by atoms with van der Waals surface area (Å²) in [7, 11) is 3.18. The number of rotatable bonds is 7. The van der Waals surface area contributed by atoms with Crippen LogP contribution in [0.15, 0.2) is 41.7 Å². The van der Waals surface area contributed by atoms with E-state index in [0.29, 0.717) is 36.2 Å². The van der Waals surface area contributed by atoms with Crippen molar-refractivity contribution in [2.75, 3.05) is 27.3 Å². The lowest BCUT2D eigenvalue weighted by atomic mass is 9.85. The zero-order chi connectivity index (χ0) is 23.4. The van der Waals surface area contributed by atoms with Gasteiger partial charge in [0.05, 0.1) is 14.2 Å². The number of methoxy groups -OCH3 is 2. The Morgan fingerprint density at radius 1 is 1.21 bits per heavy atom. The van der Waals surface area contributed by atoms with Gasteiger partial charge in [0.2, 0.25) is 12.2 Å². The van der Waals surface area contributed by atoms with Crippen molar-refractivity contribution < 1.29 is 41.2 Å². The van der Waals surface area contributed by atoms with E-state index in [0.717, 1.165) is 36.8 Å². The zero-order valence-electron chi connectivity index (χ0n) is 19.4. The molecular formula is C25H30ClN3O5. The van der Waals surface area contributed by atoms with E-state index < -0.39 is 0 Å². The second-order valence-corrected chi connectivity index (χ2v) is 8.69. The third kappa shape index (κ3) is 5.33. The molecule has 1 amide bonds. The smallest absolute Gasteiger partial charge is 0.288 e. The van der Waals surface area contributed by atoms with E-state index in [9.17, 15) is 9.59 Å². The molecule has 1 atom stereocenters. The Bertz CT molecular complexity index is 1070. The first-order valence-corrected chi connectivity index (χ1v) is 11.3. The normalized spacial score (nSPS) is 18.0. The van der Waals surface area contributed by atoms with E-state index >= 15 is 0 Å². The Balaban J connectivity index is 0.00000324. The van der Waals surface area contributed by atoms with Gasteiger partial charge in [0, 0.05) is 36.7 Å². The molecule has 0 bridgehead atoms. The van der Waals surface area contributed by atoms with Gasteiger partial charge in [-0.25, -0.2) is 0 Å². The molecule has 1 fully saturated rings. The number of Topliss-reactive ketones (excluding diaryl/α,β-unsaturated/α-hetero) is 1. The fourth-order valence-electron chi connectivity index (χ4n) is 4.96.